The number of rotatable bonds is 34. The third-order valence-electron chi connectivity index (χ3n) is 7.88. The van der Waals surface area contributed by atoms with E-state index in [4.69, 9.17) is 14.2 Å². The summed E-state index contributed by atoms with van der Waals surface area (Å²) in [7, 11) is 0. The van der Waals surface area contributed by atoms with Crippen molar-refractivity contribution in [2.45, 2.75) is 155 Å². The lowest BCUT2D eigenvalue weighted by molar-refractivity contribution is -0.166. The number of hydrogen-bond acceptors (Lipinski definition) is 6. The van der Waals surface area contributed by atoms with E-state index in [0.29, 0.717) is 19.3 Å². The van der Waals surface area contributed by atoms with Gasteiger partial charge in [-0.2, -0.15) is 0 Å². The predicted octanol–water partition coefficient (Wildman–Crippen LogP) is 12.9. The topological polar surface area (TPSA) is 78.9 Å². The molecule has 0 aliphatic rings. The number of esters is 3. The zero-order valence-electron chi connectivity index (χ0n) is 33.5. The lowest BCUT2D eigenvalue weighted by Gasteiger charge is -2.18. The van der Waals surface area contributed by atoms with Crippen LogP contribution in [0.5, 0.6) is 0 Å². The molecule has 6 nitrogen and oxygen atoms in total. The van der Waals surface area contributed by atoms with E-state index in [-0.39, 0.29) is 44.4 Å². The second kappa shape index (κ2) is 40.8. The van der Waals surface area contributed by atoms with Crippen LogP contribution in [-0.2, 0) is 28.6 Å². The zero-order valence-corrected chi connectivity index (χ0v) is 33.5. The van der Waals surface area contributed by atoms with Gasteiger partial charge in [0.2, 0.25) is 0 Å². The van der Waals surface area contributed by atoms with Crippen molar-refractivity contribution in [1.29, 1.82) is 0 Å². The Kier molecular flexibility index (Phi) is 37.8. The molecule has 0 radical (unpaired) electrons. The average Bonchev–Trinajstić information content (AvgIpc) is 3.15. The molecule has 0 aromatic heterocycles. The van der Waals surface area contributed by atoms with Gasteiger partial charge in [-0.25, -0.2) is 0 Å². The van der Waals surface area contributed by atoms with E-state index in [9.17, 15) is 14.4 Å². The first-order valence-electron chi connectivity index (χ1n) is 20.5. The highest BCUT2D eigenvalue weighted by atomic mass is 16.6. The fourth-order valence-electron chi connectivity index (χ4n) is 4.85. The maximum Gasteiger partial charge on any atom is 0.306 e. The van der Waals surface area contributed by atoms with E-state index in [1.165, 1.54) is 38.5 Å². The van der Waals surface area contributed by atoms with Gasteiger partial charge in [-0.05, 0) is 77.0 Å². The molecule has 0 saturated heterocycles. The number of hydrogen-bond donors (Lipinski definition) is 0. The molecule has 0 aliphatic heterocycles. The van der Waals surface area contributed by atoms with Gasteiger partial charge in [0.25, 0.3) is 0 Å². The lowest BCUT2D eigenvalue weighted by atomic mass is 10.1. The maximum absolute atomic E-state index is 12.6. The molecule has 0 fully saturated rings. The highest BCUT2D eigenvalue weighted by Gasteiger charge is 2.19. The van der Waals surface area contributed by atoms with Gasteiger partial charge >= 0.3 is 17.9 Å². The van der Waals surface area contributed by atoms with E-state index in [1.807, 2.05) is 60.8 Å². The second-order valence-corrected chi connectivity index (χ2v) is 12.9. The average molecular weight is 733 g/mol. The van der Waals surface area contributed by atoms with Gasteiger partial charge in [-0.3, -0.25) is 14.4 Å². The van der Waals surface area contributed by atoms with Crippen molar-refractivity contribution in [2.24, 2.45) is 0 Å². The van der Waals surface area contributed by atoms with Gasteiger partial charge < -0.3 is 14.2 Å². The Morgan fingerprint density at radius 1 is 0.415 bits per heavy atom. The number of allylic oxidation sites excluding steroid dienone is 18. The first kappa shape index (κ1) is 49.1. The SMILES string of the molecule is CC\C=C/C=C\C=C/C=C\C=C/CCCC(=O)OCC(COC(=O)CCCC/C=C\C/C=C\CC)OC(=O)CC/C=C\C/C=C\CCCCCCCC. The number of carbonyl (C=O) groups is 3. The third kappa shape index (κ3) is 39.1. The maximum atomic E-state index is 12.6. The minimum Gasteiger partial charge on any atom is -0.462 e. The highest BCUT2D eigenvalue weighted by molar-refractivity contribution is 5.71. The molecule has 0 amide bonds. The predicted molar refractivity (Wildman–Crippen MR) is 223 cm³/mol. The van der Waals surface area contributed by atoms with Crippen molar-refractivity contribution in [3.8, 4) is 0 Å². The number of ether oxygens (including phenoxy) is 3. The summed E-state index contributed by atoms with van der Waals surface area (Å²) < 4.78 is 16.4. The molecule has 53 heavy (non-hydrogen) atoms. The molecule has 0 aromatic rings. The Labute approximate surface area is 323 Å². The van der Waals surface area contributed by atoms with E-state index < -0.39 is 12.1 Å². The van der Waals surface area contributed by atoms with Crippen LogP contribution in [0.25, 0.3) is 0 Å². The van der Waals surface area contributed by atoms with Crippen LogP contribution < -0.4 is 0 Å². The van der Waals surface area contributed by atoms with Crippen LogP contribution in [0, 0.1) is 0 Å². The van der Waals surface area contributed by atoms with Crippen molar-refractivity contribution in [3.63, 3.8) is 0 Å². The van der Waals surface area contributed by atoms with Gasteiger partial charge in [-0.1, -0.05) is 162 Å². The molecule has 0 aliphatic carbocycles. The van der Waals surface area contributed by atoms with E-state index in [2.05, 4.69) is 69.4 Å². The van der Waals surface area contributed by atoms with E-state index >= 15 is 0 Å². The van der Waals surface area contributed by atoms with Crippen molar-refractivity contribution in [2.75, 3.05) is 13.2 Å². The normalized spacial score (nSPS) is 13.2. The molecule has 296 valence electrons. The fraction of sp³-hybridized carbons (Fsp3) is 0.553. The van der Waals surface area contributed by atoms with E-state index in [0.717, 1.165) is 51.4 Å². The van der Waals surface area contributed by atoms with E-state index in [1.54, 1.807) is 0 Å². The molecule has 0 heterocycles. The minimum absolute atomic E-state index is 0.143. The summed E-state index contributed by atoms with van der Waals surface area (Å²) in [6.45, 7) is 6.16. The van der Waals surface area contributed by atoms with Gasteiger partial charge in [0.1, 0.15) is 13.2 Å². The molecule has 0 rings (SSSR count). The Morgan fingerprint density at radius 3 is 1.49 bits per heavy atom. The summed E-state index contributed by atoms with van der Waals surface area (Å²) in [5.74, 6) is -1.14. The summed E-state index contributed by atoms with van der Waals surface area (Å²) in [6.07, 6.45) is 53.9. The summed E-state index contributed by atoms with van der Waals surface area (Å²) in [4.78, 5) is 37.5. The molecule has 1 unspecified atom stereocenters. The van der Waals surface area contributed by atoms with Crippen LogP contribution in [-0.4, -0.2) is 37.2 Å². The number of unbranched alkanes of at least 4 members (excludes halogenated alkanes) is 9. The largest absolute Gasteiger partial charge is 0.462 e. The zero-order chi connectivity index (χ0) is 38.7. The first-order valence-corrected chi connectivity index (χ1v) is 20.5. The van der Waals surface area contributed by atoms with Crippen LogP contribution in [0.1, 0.15) is 149 Å². The van der Waals surface area contributed by atoms with Gasteiger partial charge in [0.05, 0.1) is 0 Å². The highest BCUT2D eigenvalue weighted by Crippen LogP contribution is 2.09. The molecular weight excluding hydrogens is 661 g/mol. The Bertz CT molecular complexity index is 1160. The monoisotopic (exact) mass is 733 g/mol. The Hall–Kier alpha value is -3.93. The van der Waals surface area contributed by atoms with Crippen molar-refractivity contribution >= 4 is 17.9 Å². The lowest BCUT2D eigenvalue weighted by Crippen LogP contribution is -2.30. The molecular formula is C47H72O6. The molecule has 0 aromatic carbocycles. The van der Waals surface area contributed by atoms with Crippen molar-refractivity contribution in [1.82, 2.24) is 0 Å². The minimum atomic E-state index is -0.848. The van der Waals surface area contributed by atoms with Gasteiger partial charge in [0, 0.05) is 19.3 Å². The first-order chi connectivity index (χ1) is 26.0. The summed E-state index contributed by atoms with van der Waals surface area (Å²) >= 11 is 0. The Balaban J connectivity index is 4.64. The third-order valence-corrected chi connectivity index (χ3v) is 7.88. The molecule has 0 bridgehead atoms. The standard InChI is InChI=1S/C47H72O6/c1-4-7-10-13-16-19-21-23-25-28-31-34-37-40-46(49)52-43-44(42-51-45(48)39-36-33-30-27-18-15-12-9-6-3)53-47(50)41-38-35-32-29-26-24-22-20-17-14-11-8-5-2/h7,9-10,12-13,16,18-19,21,23-28,31-32,35,44H,4-6,8,11,14-15,17,20,22,29-30,33-34,36-43H2,1-3H3/b10-7-,12-9-,16-13-,21-19-,25-23-,26-24-,27-18-,31-28-,35-32-. The molecule has 1 atom stereocenters. The molecule has 0 saturated carbocycles. The number of carbonyl (C=O) groups excluding carboxylic acids is 3. The van der Waals surface area contributed by atoms with Gasteiger partial charge in [-0.15, -0.1) is 0 Å². The van der Waals surface area contributed by atoms with Crippen LogP contribution in [0.3, 0.4) is 0 Å². The molecule has 0 spiro atoms. The second-order valence-electron chi connectivity index (χ2n) is 12.9. The van der Waals surface area contributed by atoms with Crippen LogP contribution in [0.15, 0.2) is 109 Å². The van der Waals surface area contributed by atoms with Crippen molar-refractivity contribution < 1.29 is 28.6 Å². The van der Waals surface area contributed by atoms with Crippen molar-refractivity contribution in [3.05, 3.63) is 109 Å². The van der Waals surface area contributed by atoms with Crippen LogP contribution >= 0.6 is 0 Å². The molecule has 0 N–H and O–H groups in total. The van der Waals surface area contributed by atoms with Gasteiger partial charge in [0.15, 0.2) is 6.10 Å². The molecule has 6 heteroatoms. The van der Waals surface area contributed by atoms with Crippen LogP contribution in [0.4, 0.5) is 0 Å². The quantitative estimate of drug-likeness (QED) is 0.0215. The summed E-state index contributed by atoms with van der Waals surface area (Å²) in [5, 5.41) is 0. The smallest absolute Gasteiger partial charge is 0.306 e. The Morgan fingerprint density at radius 2 is 0.887 bits per heavy atom. The fourth-order valence-corrected chi connectivity index (χ4v) is 4.85. The van der Waals surface area contributed by atoms with Crippen LogP contribution in [0.2, 0.25) is 0 Å². The summed E-state index contributed by atoms with van der Waals surface area (Å²) in [5.41, 5.74) is 0. The summed E-state index contributed by atoms with van der Waals surface area (Å²) in [6, 6.07) is 0.